The molecule has 110 valence electrons. The Morgan fingerprint density at radius 3 is 2.40 bits per heavy atom. The molecule has 0 bridgehead atoms. The van der Waals surface area contributed by atoms with E-state index in [4.69, 9.17) is 4.63 Å². The van der Waals surface area contributed by atoms with Gasteiger partial charge < -0.3 is 0 Å². The molecule has 0 aliphatic carbocycles. The number of rotatable bonds is 4. The highest BCUT2D eigenvalue weighted by Gasteiger charge is 2.28. The van der Waals surface area contributed by atoms with Crippen LogP contribution in [-0.4, -0.2) is 25.3 Å². The number of hydrogen-bond acceptors (Lipinski definition) is 5. The van der Waals surface area contributed by atoms with Crippen molar-refractivity contribution in [2.45, 2.75) is 58.3 Å². The lowest BCUT2D eigenvalue weighted by Gasteiger charge is -2.24. The monoisotopic (exact) mass is 277 g/mol. The van der Waals surface area contributed by atoms with Crippen molar-refractivity contribution in [2.24, 2.45) is 7.05 Å². The lowest BCUT2D eigenvalue weighted by molar-refractivity contribution is 0.293. The van der Waals surface area contributed by atoms with Crippen molar-refractivity contribution in [1.82, 2.24) is 25.3 Å². The molecule has 0 aliphatic rings. The van der Waals surface area contributed by atoms with Crippen molar-refractivity contribution >= 4 is 0 Å². The lowest BCUT2D eigenvalue weighted by Crippen LogP contribution is -2.23. The molecule has 2 aromatic heterocycles. The van der Waals surface area contributed by atoms with Gasteiger partial charge in [-0.1, -0.05) is 50.1 Å². The third-order valence-electron chi connectivity index (χ3n) is 3.66. The first-order valence-electron chi connectivity index (χ1n) is 6.89. The molecule has 20 heavy (non-hydrogen) atoms. The predicted molar refractivity (Wildman–Crippen MR) is 75.3 cm³/mol. The van der Waals surface area contributed by atoms with Crippen LogP contribution in [0.1, 0.15) is 58.1 Å². The standard InChI is InChI=1S/C14H23N5O/c1-13(2,3)12-10(16-20-17-12)7-8-14(4,5)11-9-15-18-19(11)6/h9H,7-8H2,1-6H3. The van der Waals surface area contributed by atoms with Crippen LogP contribution in [0.15, 0.2) is 10.8 Å². The van der Waals surface area contributed by atoms with Crippen molar-refractivity contribution in [3.8, 4) is 0 Å². The van der Waals surface area contributed by atoms with Gasteiger partial charge in [0.15, 0.2) is 0 Å². The highest BCUT2D eigenvalue weighted by molar-refractivity contribution is 5.18. The normalized spacial score (nSPS) is 12.9. The van der Waals surface area contributed by atoms with Crippen LogP contribution in [-0.2, 0) is 24.3 Å². The molecule has 0 unspecified atom stereocenters. The Labute approximate surface area is 119 Å². The summed E-state index contributed by atoms with van der Waals surface area (Å²) in [7, 11) is 1.92. The topological polar surface area (TPSA) is 69.6 Å². The quantitative estimate of drug-likeness (QED) is 0.858. The summed E-state index contributed by atoms with van der Waals surface area (Å²) >= 11 is 0. The van der Waals surface area contributed by atoms with Gasteiger partial charge in [-0.25, -0.2) is 4.63 Å². The first-order chi connectivity index (χ1) is 9.22. The maximum Gasteiger partial charge on any atom is 0.113 e. The van der Waals surface area contributed by atoms with E-state index < -0.39 is 0 Å². The maximum atomic E-state index is 4.92. The molecule has 0 aliphatic heterocycles. The number of aromatic nitrogens is 5. The van der Waals surface area contributed by atoms with Gasteiger partial charge in [0.25, 0.3) is 0 Å². The molecule has 0 amide bonds. The van der Waals surface area contributed by atoms with Gasteiger partial charge in [-0.15, -0.1) is 5.10 Å². The smallest absolute Gasteiger partial charge is 0.113 e. The SMILES string of the molecule is Cn1nncc1C(C)(C)CCc1nonc1C(C)(C)C. The molecule has 2 heterocycles. The highest BCUT2D eigenvalue weighted by atomic mass is 16.6. The summed E-state index contributed by atoms with van der Waals surface area (Å²) < 4.78 is 6.75. The van der Waals surface area contributed by atoms with Gasteiger partial charge >= 0.3 is 0 Å². The Balaban J connectivity index is 2.13. The third-order valence-corrected chi connectivity index (χ3v) is 3.66. The van der Waals surface area contributed by atoms with Crippen LogP contribution in [0.4, 0.5) is 0 Å². The van der Waals surface area contributed by atoms with E-state index >= 15 is 0 Å². The van der Waals surface area contributed by atoms with E-state index in [1.54, 1.807) is 0 Å². The molecular formula is C14H23N5O. The van der Waals surface area contributed by atoms with Gasteiger partial charge in [0.05, 0.1) is 11.9 Å². The molecule has 0 N–H and O–H groups in total. The Hall–Kier alpha value is -1.72. The highest BCUT2D eigenvalue weighted by Crippen LogP contribution is 2.30. The Kier molecular flexibility index (Phi) is 3.67. The van der Waals surface area contributed by atoms with Gasteiger partial charge in [-0.05, 0) is 12.8 Å². The summed E-state index contributed by atoms with van der Waals surface area (Å²) in [4.78, 5) is 0. The second kappa shape index (κ2) is 5.00. The lowest BCUT2D eigenvalue weighted by atomic mass is 9.82. The maximum absolute atomic E-state index is 4.92. The van der Waals surface area contributed by atoms with E-state index in [0.29, 0.717) is 0 Å². The van der Waals surface area contributed by atoms with Crippen molar-refractivity contribution in [3.05, 3.63) is 23.3 Å². The average molecular weight is 277 g/mol. The molecule has 0 saturated carbocycles. The zero-order chi connectivity index (χ0) is 15.0. The number of nitrogens with zero attached hydrogens (tertiary/aromatic N) is 5. The second-order valence-corrected chi connectivity index (χ2v) is 6.94. The van der Waals surface area contributed by atoms with Gasteiger partial charge in [-0.2, -0.15) is 0 Å². The summed E-state index contributed by atoms with van der Waals surface area (Å²) in [5.41, 5.74) is 2.93. The van der Waals surface area contributed by atoms with Crippen LogP contribution in [0.3, 0.4) is 0 Å². The first kappa shape index (κ1) is 14.7. The molecule has 0 atom stereocenters. The molecule has 0 radical (unpaired) electrons. The van der Waals surface area contributed by atoms with Crippen molar-refractivity contribution < 1.29 is 4.63 Å². The number of aryl methyl sites for hydroxylation is 2. The van der Waals surface area contributed by atoms with E-state index in [9.17, 15) is 0 Å². The molecule has 6 heteroatoms. The van der Waals surface area contributed by atoms with E-state index in [1.807, 2.05) is 17.9 Å². The summed E-state index contributed by atoms with van der Waals surface area (Å²) in [5.74, 6) is 0. The summed E-state index contributed by atoms with van der Waals surface area (Å²) in [6, 6.07) is 0. The molecule has 0 aromatic carbocycles. The minimum absolute atomic E-state index is 0.0215. The van der Waals surface area contributed by atoms with Gasteiger partial charge in [-0.3, -0.25) is 4.68 Å². The van der Waals surface area contributed by atoms with Crippen LogP contribution in [0.25, 0.3) is 0 Å². The van der Waals surface area contributed by atoms with Crippen LogP contribution < -0.4 is 0 Å². The third kappa shape index (κ3) is 2.89. The predicted octanol–water partition coefficient (Wildman–Crippen LogP) is 2.41. The molecular weight excluding hydrogens is 254 g/mol. The Bertz CT molecular complexity index is 576. The van der Waals surface area contributed by atoms with E-state index in [-0.39, 0.29) is 10.8 Å². The molecule has 0 spiro atoms. The van der Waals surface area contributed by atoms with Crippen LogP contribution in [0.2, 0.25) is 0 Å². The zero-order valence-electron chi connectivity index (χ0n) is 13.1. The van der Waals surface area contributed by atoms with E-state index in [1.165, 1.54) is 0 Å². The van der Waals surface area contributed by atoms with Crippen molar-refractivity contribution in [1.29, 1.82) is 0 Å². The Morgan fingerprint density at radius 1 is 1.15 bits per heavy atom. The van der Waals surface area contributed by atoms with Crippen LogP contribution in [0, 0.1) is 0 Å². The largest absolute Gasteiger partial charge is 0.252 e. The summed E-state index contributed by atoms with van der Waals surface area (Å²) in [6.07, 6.45) is 3.59. The van der Waals surface area contributed by atoms with Crippen molar-refractivity contribution in [2.75, 3.05) is 0 Å². The second-order valence-electron chi connectivity index (χ2n) is 6.94. The average Bonchev–Trinajstić information content (AvgIpc) is 2.93. The van der Waals surface area contributed by atoms with Gasteiger partial charge in [0.2, 0.25) is 0 Å². The van der Waals surface area contributed by atoms with E-state index in [2.05, 4.69) is 55.2 Å². The molecule has 2 rings (SSSR count). The van der Waals surface area contributed by atoms with Crippen LogP contribution >= 0.6 is 0 Å². The Morgan fingerprint density at radius 2 is 1.85 bits per heavy atom. The fourth-order valence-electron chi connectivity index (χ4n) is 2.40. The van der Waals surface area contributed by atoms with Gasteiger partial charge in [0.1, 0.15) is 11.4 Å². The number of hydrogen-bond donors (Lipinski definition) is 0. The molecule has 2 aromatic rings. The van der Waals surface area contributed by atoms with Crippen molar-refractivity contribution in [3.63, 3.8) is 0 Å². The summed E-state index contributed by atoms with van der Waals surface area (Å²) in [6.45, 7) is 10.7. The zero-order valence-corrected chi connectivity index (χ0v) is 13.1. The van der Waals surface area contributed by atoms with E-state index in [0.717, 1.165) is 29.9 Å². The fraction of sp³-hybridized carbons (Fsp3) is 0.714. The molecule has 0 fully saturated rings. The van der Waals surface area contributed by atoms with Gasteiger partial charge in [0, 0.05) is 17.9 Å². The minimum atomic E-state index is -0.0481. The fourth-order valence-corrected chi connectivity index (χ4v) is 2.40. The molecule has 0 saturated heterocycles. The van der Waals surface area contributed by atoms with Crippen LogP contribution in [0.5, 0.6) is 0 Å². The minimum Gasteiger partial charge on any atom is -0.252 e. The molecule has 6 nitrogen and oxygen atoms in total. The summed E-state index contributed by atoms with van der Waals surface area (Å²) in [5, 5.41) is 16.1. The first-order valence-corrected chi connectivity index (χ1v) is 6.89.